The molecule has 30 heavy (non-hydrogen) atoms. The second-order valence-electron chi connectivity index (χ2n) is 8.46. The van der Waals surface area contributed by atoms with Crippen LogP contribution in [-0.2, 0) is 0 Å². The van der Waals surface area contributed by atoms with Gasteiger partial charge in [0.2, 0.25) is 0 Å². The Morgan fingerprint density at radius 2 is 1.27 bits per heavy atom. The zero-order chi connectivity index (χ0) is 21.8. The first-order valence-corrected chi connectivity index (χ1v) is 10.4. The topological polar surface area (TPSA) is 35.5 Å². The fourth-order valence-corrected chi connectivity index (χ4v) is 3.35. The molecule has 3 aromatic carbocycles. The molecule has 0 aromatic heterocycles. The highest BCUT2D eigenvalue weighted by molar-refractivity contribution is 5.94. The lowest BCUT2D eigenvalue weighted by Crippen LogP contribution is -2.10. The lowest BCUT2D eigenvalue weighted by Gasteiger charge is -2.14. The molecule has 0 aliphatic carbocycles. The highest BCUT2D eigenvalue weighted by atomic mass is 16.5. The number of carbonyl (C=O) groups excluding carboxylic acids is 1. The maximum absolute atomic E-state index is 13.0. The third-order valence-electron chi connectivity index (χ3n) is 5.03. The van der Waals surface area contributed by atoms with E-state index in [1.54, 1.807) is 12.1 Å². The minimum Gasteiger partial charge on any atom is -0.456 e. The quantitative estimate of drug-likeness (QED) is 0.315. The molecule has 0 amide bonds. The molecule has 0 N–H and O–H groups in total. The van der Waals surface area contributed by atoms with E-state index in [2.05, 4.69) is 39.8 Å². The Labute approximate surface area is 179 Å². The third-order valence-corrected chi connectivity index (χ3v) is 5.03. The molecule has 0 fully saturated rings. The fraction of sp³-hybridized carbons (Fsp3) is 0.296. The average molecular weight is 403 g/mol. The van der Waals surface area contributed by atoms with E-state index in [1.807, 2.05) is 50.2 Å². The van der Waals surface area contributed by atoms with Crippen molar-refractivity contribution in [3.63, 3.8) is 0 Å². The summed E-state index contributed by atoms with van der Waals surface area (Å²) in [6.45, 7) is 12.6. The van der Waals surface area contributed by atoms with E-state index in [9.17, 15) is 4.79 Å². The minimum atomic E-state index is -0.428. The van der Waals surface area contributed by atoms with E-state index in [0.29, 0.717) is 28.9 Å². The summed E-state index contributed by atoms with van der Waals surface area (Å²) < 4.78 is 11.8. The van der Waals surface area contributed by atoms with Gasteiger partial charge in [-0.1, -0.05) is 52.0 Å². The molecule has 3 heteroatoms. The molecule has 0 saturated heterocycles. The van der Waals surface area contributed by atoms with Crippen molar-refractivity contribution in [3.8, 4) is 17.2 Å². The number of rotatable bonds is 6. The van der Waals surface area contributed by atoms with Crippen molar-refractivity contribution in [2.24, 2.45) is 0 Å². The summed E-state index contributed by atoms with van der Waals surface area (Å²) >= 11 is 0. The van der Waals surface area contributed by atoms with Crippen molar-refractivity contribution in [1.82, 2.24) is 0 Å². The Morgan fingerprint density at radius 1 is 0.733 bits per heavy atom. The predicted octanol–water partition coefficient (Wildman–Crippen LogP) is 7.56. The molecule has 0 aliphatic heterocycles. The van der Waals surface area contributed by atoms with Crippen LogP contribution in [0.4, 0.5) is 0 Å². The van der Waals surface area contributed by atoms with Gasteiger partial charge >= 0.3 is 5.97 Å². The Bertz CT molecular complexity index is 1050. The molecule has 0 unspecified atom stereocenters. The zero-order valence-electron chi connectivity index (χ0n) is 18.7. The summed E-state index contributed by atoms with van der Waals surface area (Å²) in [5.41, 5.74) is 4.93. The highest BCUT2D eigenvalue weighted by Gasteiger charge is 2.17. The lowest BCUT2D eigenvalue weighted by atomic mass is 10.0. The van der Waals surface area contributed by atoms with Crippen LogP contribution in [0.15, 0.2) is 60.7 Å². The van der Waals surface area contributed by atoms with E-state index >= 15 is 0 Å². The van der Waals surface area contributed by atoms with Crippen LogP contribution in [0.2, 0.25) is 0 Å². The monoisotopic (exact) mass is 402 g/mol. The van der Waals surface area contributed by atoms with E-state index in [4.69, 9.17) is 9.47 Å². The molecule has 3 aromatic rings. The van der Waals surface area contributed by atoms with Crippen molar-refractivity contribution in [3.05, 3.63) is 88.5 Å². The maximum Gasteiger partial charge on any atom is 0.347 e. The van der Waals surface area contributed by atoms with Gasteiger partial charge in [-0.05, 0) is 84.3 Å². The second kappa shape index (κ2) is 9.17. The summed E-state index contributed by atoms with van der Waals surface area (Å²) in [4.78, 5) is 13.0. The molecule has 0 atom stereocenters. The van der Waals surface area contributed by atoms with Gasteiger partial charge in [0.25, 0.3) is 0 Å². The summed E-state index contributed by atoms with van der Waals surface area (Å²) in [5, 5.41) is 0. The fourth-order valence-electron chi connectivity index (χ4n) is 3.35. The van der Waals surface area contributed by atoms with Crippen LogP contribution in [-0.4, -0.2) is 5.97 Å². The molecule has 3 nitrogen and oxygen atoms in total. The molecular weight excluding hydrogens is 372 g/mol. The molecule has 0 saturated carbocycles. The van der Waals surface area contributed by atoms with Gasteiger partial charge in [-0.2, -0.15) is 0 Å². The van der Waals surface area contributed by atoms with E-state index in [0.717, 1.165) is 22.4 Å². The summed E-state index contributed by atoms with van der Waals surface area (Å²) in [5.74, 6) is 2.08. The average Bonchev–Trinajstić information content (AvgIpc) is 2.67. The summed E-state index contributed by atoms with van der Waals surface area (Å²) in [6, 6.07) is 19.3. The maximum atomic E-state index is 13.0. The molecule has 0 radical (unpaired) electrons. The van der Waals surface area contributed by atoms with Gasteiger partial charge < -0.3 is 9.47 Å². The van der Waals surface area contributed by atoms with Gasteiger partial charge in [0.1, 0.15) is 22.8 Å². The molecule has 0 spiro atoms. The van der Waals surface area contributed by atoms with Crippen molar-refractivity contribution in [2.75, 3.05) is 0 Å². The third kappa shape index (κ3) is 5.29. The largest absolute Gasteiger partial charge is 0.456 e. The standard InChI is InChI=1S/C27H30O3/c1-17(2)21-11-19(5)13-23(15-21)29-26-10-8-7-9-25(26)27(28)30-24-14-20(6)12-22(16-24)18(3)4/h7-18H,1-6H3. The van der Waals surface area contributed by atoms with Gasteiger partial charge in [-0.15, -0.1) is 0 Å². The van der Waals surface area contributed by atoms with Crippen LogP contribution in [0.1, 0.15) is 72.1 Å². The van der Waals surface area contributed by atoms with Crippen LogP contribution in [0, 0.1) is 13.8 Å². The van der Waals surface area contributed by atoms with Gasteiger partial charge in [0.05, 0.1) is 0 Å². The number of para-hydroxylation sites is 1. The summed E-state index contributed by atoms with van der Waals surface area (Å²) in [7, 11) is 0. The number of ether oxygens (including phenoxy) is 2. The molecule has 3 rings (SSSR count). The molecule has 0 bridgehead atoms. The van der Waals surface area contributed by atoms with Crippen LogP contribution >= 0.6 is 0 Å². The number of esters is 1. The van der Waals surface area contributed by atoms with Gasteiger partial charge in [0, 0.05) is 0 Å². The van der Waals surface area contributed by atoms with E-state index in [1.165, 1.54) is 5.56 Å². The Kier molecular flexibility index (Phi) is 6.61. The number of carbonyl (C=O) groups is 1. The van der Waals surface area contributed by atoms with Crippen LogP contribution in [0.25, 0.3) is 0 Å². The van der Waals surface area contributed by atoms with Crippen molar-refractivity contribution in [2.45, 2.75) is 53.4 Å². The second-order valence-corrected chi connectivity index (χ2v) is 8.46. The Balaban J connectivity index is 1.88. The van der Waals surface area contributed by atoms with Crippen LogP contribution in [0.3, 0.4) is 0 Å². The number of hydrogen-bond acceptors (Lipinski definition) is 3. The molecular formula is C27H30O3. The molecule has 0 heterocycles. The highest BCUT2D eigenvalue weighted by Crippen LogP contribution is 2.30. The number of aryl methyl sites for hydroxylation is 2. The van der Waals surface area contributed by atoms with Crippen LogP contribution in [0.5, 0.6) is 17.2 Å². The smallest absolute Gasteiger partial charge is 0.347 e. The van der Waals surface area contributed by atoms with Gasteiger partial charge in [0.15, 0.2) is 0 Å². The first-order valence-electron chi connectivity index (χ1n) is 10.4. The number of benzene rings is 3. The number of hydrogen-bond donors (Lipinski definition) is 0. The lowest BCUT2D eigenvalue weighted by molar-refractivity contribution is 0.0732. The normalized spacial score (nSPS) is 11.1. The van der Waals surface area contributed by atoms with E-state index < -0.39 is 5.97 Å². The zero-order valence-corrected chi connectivity index (χ0v) is 18.7. The minimum absolute atomic E-state index is 0.356. The van der Waals surface area contributed by atoms with Crippen molar-refractivity contribution < 1.29 is 14.3 Å². The molecule has 156 valence electrons. The van der Waals surface area contributed by atoms with Gasteiger partial charge in [-0.25, -0.2) is 4.79 Å². The summed E-state index contributed by atoms with van der Waals surface area (Å²) in [6.07, 6.45) is 0. The first kappa shape index (κ1) is 21.6. The molecule has 0 aliphatic rings. The van der Waals surface area contributed by atoms with E-state index in [-0.39, 0.29) is 0 Å². The van der Waals surface area contributed by atoms with Crippen molar-refractivity contribution in [1.29, 1.82) is 0 Å². The van der Waals surface area contributed by atoms with Crippen LogP contribution < -0.4 is 9.47 Å². The Morgan fingerprint density at radius 3 is 1.87 bits per heavy atom. The van der Waals surface area contributed by atoms with Gasteiger partial charge in [-0.3, -0.25) is 0 Å². The predicted molar refractivity (Wildman–Crippen MR) is 122 cm³/mol. The Hall–Kier alpha value is -3.07. The SMILES string of the molecule is Cc1cc(OC(=O)c2ccccc2Oc2cc(C)cc(C(C)C)c2)cc(C(C)C)c1. The van der Waals surface area contributed by atoms with Crippen molar-refractivity contribution >= 4 is 5.97 Å². The first-order chi connectivity index (χ1) is 14.2.